The minimum absolute atomic E-state index is 0.0348. The number of nitrogens with zero attached hydrogens (tertiary/aromatic N) is 1. The van der Waals surface area contributed by atoms with Crippen LogP contribution < -0.4 is 10.2 Å². The van der Waals surface area contributed by atoms with Crippen LogP contribution in [-0.2, 0) is 4.79 Å². The molecule has 37 heavy (non-hydrogen) atoms. The predicted molar refractivity (Wildman–Crippen MR) is 141 cm³/mol. The number of hydrogen-bond donors (Lipinski definition) is 2. The summed E-state index contributed by atoms with van der Waals surface area (Å²) in [6.45, 7) is 1.38. The van der Waals surface area contributed by atoms with Gasteiger partial charge in [-0.15, -0.1) is 0 Å². The van der Waals surface area contributed by atoms with Gasteiger partial charge in [0.05, 0.1) is 7.11 Å². The SMILES string of the molecule is COc1ccccc1[C@@H](CC(=O)N1CCCCC1)c1c(O)cc(O)c2c(=O)cc(-c3ccccc3)oc12. The lowest BCUT2D eigenvalue weighted by Crippen LogP contribution is -2.36. The second-order valence-corrected chi connectivity index (χ2v) is 9.31. The number of rotatable bonds is 6. The molecule has 0 saturated carbocycles. The van der Waals surface area contributed by atoms with Crippen LogP contribution in [-0.4, -0.2) is 41.2 Å². The Balaban J connectivity index is 1.75. The van der Waals surface area contributed by atoms with Crippen LogP contribution in [0.5, 0.6) is 17.2 Å². The smallest absolute Gasteiger partial charge is 0.223 e. The number of phenols is 2. The molecule has 0 radical (unpaired) electrons. The fourth-order valence-corrected chi connectivity index (χ4v) is 5.17. The number of fused-ring (bicyclic) bond motifs is 1. The Morgan fingerprint density at radius 3 is 2.41 bits per heavy atom. The number of aromatic hydroxyl groups is 2. The first-order chi connectivity index (χ1) is 18.0. The summed E-state index contributed by atoms with van der Waals surface area (Å²) in [4.78, 5) is 28.5. The van der Waals surface area contributed by atoms with Gasteiger partial charge in [0.15, 0.2) is 5.43 Å². The lowest BCUT2D eigenvalue weighted by Gasteiger charge is -2.29. The molecule has 2 N–H and O–H groups in total. The maximum Gasteiger partial charge on any atom is 0.223 e. The van der Waals surface area contributed by atoms with Crippen molar-refractivity contribution in [3.63, 3.8) is 0 Å². The Labute approximate surface area is 214 Å². The standard InChI is InChI=1S/C30H29NO6/c1-36-25-13-7-6-12-20(25)21(16-27(35)31-14-8-3-9-15-31)28-22(32)17-23(33)29-24(34)18-26(37-30(28)29)19-10-4-2-5-11-19/h2,4-7,10-13,17-18,21,32-33H,3,8-9,14-16H2,1H3/t21-/m1/s1. The molecular weight excluding hydrogens is 470 g/mol. The summed E-state index contributed by atoms with van der Waals surface area (Å²) < 4.78 is 11.9. The largest absolute Gasteiger partial charge is 0.507 e. The molecule has 1 aliphatic rings. The molecule has 7 heteroatoms. The quantitative estimate of drug-likeness (QED) is 0.368. The number of ether oxygens (including phenoxy) is 1. The van der Waals surface area contributed by atoms with Crippen molar-refractivity contribution in [2.75, 3.05) is 20.2 Å². The van der Waals surface area contributed by atoms with Crippen LogP contribution in [0.25, 0.3) is 22.3 Å². The number of phenolic OH excluding ortho intramolecular Hbond substituents is 2. The molecule has 3 aromatic carbocycles. The number of benzene rings is 3. The first kappa shape index (κ1) is 24.4. The third kappa shape index (κ3) is 4.77. The number of para-hydroxylation sites is 1. The van der Waals surface area contributed by atoms with Crippen molar-refractivity contribution in [1.29, 1.82) is 0 Å². The van der Waals surface area contributed by atoms with Crippen LogP contribution in [0.15, 0.2) is 75.9 Å². The minimum Gasteiger partial charge on any atom is -0.507 e. The summed E-state index contributed by atoms with van der Waals surface area (Å²) in [6, 6.07) is 18.9. The van der Waals surface area contributed by atoms with Gasteiger partial charge in [-0.05, 0) is 25.3 Å². The van der Waals surface area contributed by atoms with Crippen LogP contribution in [0, 0.1) is 0 Å². The van der Waals surface area contributed by atoms with Crippen molar-refractivity contribution in [3.05, 3.63) is 88.1 Å². The topological polar surface area (TPSA) is 100 Å². The van der Waals surface area contributed by atoms with Gasteiger partial charge in [0.25, 0.3) is 0 Å². The summed E-state index contributed by atoms with van der Waals surface area (Å²) in [5, 5.41) is 21.8. The fourth-order valence-electron chi connectivity index (χ4n) is 5.17. The summed E-state index contributed by atoms with van der Waals surface area (Å²) in [5.74, 6) is -0.557. The van der Waals surface area contributed by atoms with E-state index in [1.807, 2.05) is 53.4 Å². The number of hydrogen-bond acceptors (Lipinski definition) is 6. The van der Waals surface area contributed by atoms with E-state index in [1.54, 1.807) is 13.2 Å². The average molecular weight is 500 g/mol. The van der Waals surface area contributed by atoms with E-state index in [-0.39, 0.29) is 40.4 Å². The molecule has 0 spiro atoms. The van der Waals surface area contributed by atoms with Crippen LogP contribution in [0.2, 0.25) is 0 Å². The van der Waals surface area contributed by atoms with Gasteiger partial charge in [-0.2, -0.15) is 0 Å². The number of amides is 1. The van der Waals surface area contributed by atoms with E-state index in [0.29, 0.717) is 35.7 Å². The molecule has 5 rings (SSSR count). The molecular formula is C30H29NO6. The minimum atomic E-state index is -0.692. The predicted octanol–water partition coefficient (Wildman–Crippen LogP) is 5.41. The molecule has 0 aliphatic carbocycles. The lowest BCUT2D eigenvalue weighted by molar-refractivity contribution is -0.132. The molecule has 7 nitrogen and oxygen atoms in total. The molecule has 1 aliphatic heterocycles. The zero-order valence-corrected chi connectivity index (χ0v) is 20.6. The molecule has 4 aromatic rings. The third-order valence-corrected chi connectivity index (χ3v) is 7.01. The normalized spacial score (nSPS) is 14.5. The van der Waals surface area contributed by atoms with E-state index in [4.69, 9.17) is 9.15 Å². The molecule has 1 amide bonds. The molecule has 1 atom stereocenters. The van der Waals surface area contributed by atoms with Crippen LogP contribution >= 0.6 is 0 Å². The molecule has 1 saturated heterocycles. The van der Waals surface area contributed by atoms with Gasteiger partial charge in [-0.1, -0.05) is 48.5 Å². The van der Waals surface area contributed by atoms with Gasteiger partial charge in [0, 0.05) is 54.3 Å². The molecule has 2 heterocycles. The maximum atomic E-state index is 13.5. The van der Waals surface area contributed by atoms with Gasteiger partial charge in [0.2, 0.25) is 5.91 Å². The zero-order valence-electron chi connectivity index (χ0n) is 20.6. The summed E-state index contributed by atoms with van der Waals surface area (Å²) in [7, 11) is 1.55. The first-order valence-electron chi connectivity index (χ1n) is 12.5. The number of carbonyl (C=O) groups is 1. The fraction of sp³-hybridized carbons (Fsp3) is 0.267. The highest BCUT2D eigenvalue weighted by molar-refractivity contribution is 5.91. The molecule has 190 valence electrons. The number of methoxy groups -OCH3 is 1. The maximum absolute atomic E-state index is 13.5. The highest BCUT2D eigenvalue weighted by Crippen LogP contribution is 2.45. The van der Waals surface area contributed by atoms with Crippen molar-refractivity contribution in [2.45, 2.75) is 31.6 Å². The van der Waals surface area contributed by atoms with Gasteiger partial charge < -0.3 is 24.3 Å². The molecule has 0 unspecified atom stereocenters. The Morgan fingerprint density at radius 1 is 0.973 bits per heavy atom. The second-order valence-electron chi connectivity index (χ2n) is 9.31. The number of likely N-dealkylation sites (tertiary alicyclic amines) is 1. The monoisotopic (exact) mass is 499 g/mol. The van der Waals surface area contributed by atoms with Gasteiger partial charge in [0.1, 0.15) is 34.0 Å². The Bertz CT molecular complexity index is 1490. The van der Waals surface area contributed by atoms with Gasteiger partial charge >= 0.3 is 0 Å². The number of piperidine rings is 1. The molecule has 0 bridgehead atoms. The first-order valence-corrected chi connectivity index (χ1v) is 12.5. The van der Waals surface area contributed by atoms with Crippen molar-refractivity contribution in [2.24, 2.45) is 0 Å². The van der Waals surface area contributed by atoms with Crippen molar-refractivity contribution >= 4 is 16.9 Å². The Hall–Kier alpha value is -4.26. The van der Waals surface area contributed by atoms with E-state index in [2.05, 4.69) is 0 Å². The zero-order chi connectivity index (χ0) is 25.9. The Morgan fingerprint density at radius 2 is 1.68 bits per heavy atom. The van der Waals surface area contributed by atoms with E-state index in [1.165, 1.54) is 6.07 Å². The van der Waals surface area contributed by atoms with Crippen LogP contribution in [0.4, 0.5) is 0 Å². The van der Waals surface area contributed by atoms with E-state index in [9.17, 15) is 19.8 Å². The van der Waals surface area contributed by atoms with Crippen molar-refractivity contribution < 1.29 is 24.2 Å². The molecule has 1 fully saturated rings. The summed E-state index contributed by atoms with van der Waals surface area (Å²) in [6.07, 6.45) is 3.03. The van der Waals surface area contributed by atoms with E-state index < -0.39 is 11.3 Å². The average Bonchev–Trinajstić information content (AvgIpc) is 2.92. The summed E-state index contributed by atoms with van der Waals surface area (Å²) in [5.41, 5.74) is 1.21. The highest BCUT2D eigenvalue weighted by atomic mass is 16.5. The van der Waals surface area contributed by atoms with Crippen molar-refractivity contribution in [3.8, 4) is 28.6 Å². The van der Waals surface area contributed by atoms with Crippen LogP contribution in [0.3, 0.4) is 0 Å². The third-order valence-electron chi connectivity index (χ3n) is 7.01. The van der Waals surface area contributed by atoms with E-state index >= 15 is 0 Å². The second kappa shape index (κ2) is 10.4. The number of carbonyl (C=O) groups excluding carboxylic acids is 1. The highest BCUT2D eigenvalue weighted by Gasteiger charge is 2.31. The van der Waals surface area contributed by atoms with Crippen molar-refractivity contribution in [1.82, 2.24) is 4.90 Å². The Kier molecular flexibility index (Phi) is 6.86. The molecule has 1 aromatic heterocycles. The van der Waals surface area contributed by atoms with Gasteiger partial charge in [-0.3, -0.25) is 9.59 Å². The van der Waals surface area contributed by atoms with Gasteiger partial charge in [-0.25, -0.2) is 0 Å². The van der Waals surface area contributed by atoms with E-state index in [0.717, 1.165) is 25.3 Å². The van der Waals surface area contributed by atoms with Crippen LogP contribution in [0.1, 0.15) is 42.7 Å². The summed E-state index contributed by atoms with van der Waals surface area (Å²) >= 11 is 0. The lowest BCUT2D eigenvalue weighted by atomic mass is 9.85.